The van der Waals surface area contributed by atoms with Crippen LogP contribution in [-0.4, -0.2) is 37.6 Å². The molecule has 13 heavy (non-hydrogen) atoms. The van der Waals surface area contributed by atoms with E-state index in [1.165, 1.54) is 52.0 Å². The Morgan fingerprint density at radius 1 is 1.00 bits per heavy atom. The summed E-state index contributed by atoms with van der Waals surface area (Å²) in [4.78, 5) is 2.70. The van der Waals surface area contributed by atoms with Gasteiger partial charge in [-0.15, -0.1) is 0 Å². The van der Waals surface area contributed by atoms with Gasteiger partial charge in [0.2, 0.25) is 0 Å². The molecule has 2 heterocycles. The predicted octanol–water partition coefficient (Wildman–Crippen LogP) is 0.938. The molecule has 0 spiro atoms. The van der Waals surface area contributed by atoms with Crippen LogP contribution in [0.15, 0.2) is 0 Å². The Morgan fingerprint density at radius 3 is 2.38 bits per heavy atom. The average molecular weight is 180 g/mol. The highest BCUT2D eigenvalue weighted by Crippen LogP contribution is 2.48. The number of fused-ring (bicyclic) bond motifs is 1. The van der Waals surface area contributed by atoms with Crippen molar-refractivity contribution in [3.63, 3.8) is 0 Å². The molecule has 0 bridgehead atoms. The van der Waals surface area contributed by atoms with Gasteiger partial charge in [0, 0.05) is 6.54 Å². The second kappa shape index (κ2) is 3.25. The average Bonchev–Trinajstić information content (AvgIpc) is 2.65. The van der Waals surface area contributed by atoms with Crippen molar-refractivity contribution in [1.29, 1.82) is 0 Å². The summed E-state index contributed by atoms with van der Waals surface area (Å²) in [6, 6.07) is 0. The van der Waals surface area contributed by atoms with E-state index < -0.39 is 0 Å². The number of hydrogen-bond acceptors (Lipinski definition) is 2. The molecule has 2 atom stereocenters. The quantitative estimate of drug-likeness (QED) is 0.680. The van der Waals surface area contributed by atoms with Crippen LogP contribution in [0.25, 0.3) is 0 Å². The van der Waals surface area contributed by atoms with E-state index in [1.807, 2.05) is 0 Å². The zero-order valence-corrected chi connectivity index (χ0v) is 8.34. The number of likely N-dealkylation sites (tertiary alicyclic amines) is 1. The van der Waals surface area contributed by atoms with Gasteiger partial charge in [-0.3, -0.25) is 0 Å². The van der Waals surface area contributed by atoms with Gasteiger partial charge in [-0.2, -0.15) is 0 Å². The topological polar surface area (TPSA) is 15.3 Å². The lowest BCUT2D eigenvalue weighted by Crippen LogP contribution is -2.33. The van der Waals surface area contributed by atoms with E-state index in [0.717, 1.165) is 17.8 Å². The molecule has 1 aliphatic carbocycles. The zero-order valence-electron chi connectivity index (χ0n) is 8.34. The maximum absolute atomic E-state index is 3.47. The monoisotopic (exact) mass is 180 g/mol. The fourth-order valence-corrected chi connectivity index (χ4v) is 3.26. The third-order valence-corrected chi connectivity index (χ3v) is 4.19. The molecule has 0 aromatic rings. The Hall–Kier alpha value is -0.0800. The summed E-state index contributed by atoms with van der Waals surface area (Å²) in [5.74, 6) is 3.18. The van der Waals surface area contributed by atoms with Crippen LogP contribution in [0.4, 0.5) is 0 Å². The minimum Gasteiger partial charge on any atom is -0.316 e. The van der Waals surface area contributed by atoms with E-state index in [1.54, 1.807) is 0 Å². The minimum absolute atomic E-state index is 1.06. The first-order valence-corrected chi connectivity index (χ1v) is 5.88. The van der Waals surface area contributed by atoms with Crippen LogP contribution in [0.3, 0.4) is 0 Å². The summed E-state index contributed by atoms with van der Waals surface area (Å²) in [5.41, 5.74) is 0. The highest BCUT2D eigenvalue weighted by Gasteiger charge is 2.52. The number of rotatable bonds is 2. The Bertz CT molecular complexity index is 177. The van der Waals surface area contributed by atoms with Crippen molar-refractivity contribution in [3.05, 3.63) is 0 Å². The number of hydrogen-bond donors (Lipinski definition) is 1. The summed E-state index contributed by atoms with van der Waals surface area (Å²) in [6.07, 6.45) is 4.36. The summed E-state index contributed by atoms with van der Waals surface area (Å²) < 4.78 is 0. The van der Waals surface area contributed by atoms with Crippen LogP contribution in [-0.2, 0) is 0 Å². The Labute approximate surface area is 80.7 Å². The molecule has 2 saturated heterocycles. The first-order valence-electron chi connectivity index (χ1n) is 5.88. The molecule has 1 N–H and O–H groups in total. The molecule has 3 fully saturated rings. The number of nitrogens with zero attached hydrogens (tertiary/aromatic N) is 1. The van der Waals surface area contributed by atoms with Gasteiger partial charge in [0.1, 0.15) is 0 Å². The van der Waals surface area contributed by atoms with E-state index in [4.69, 9.17) is 0 Å². The predicted molar refractivity (Wildman–Crippen MR) is 53.6 cm³/mol. The molecule has 0 amide bonds. The lowest BCUT2D eigenvalue weighted by Gasteiger charge is -2.27. The van der Waals surface area contributed by atoms with Crippen LogP contribution in [0.1, 0.15) is 19.3 Å². The molecule has 0 aromatic carbocycles. The smallest absolute Gasteiger partial charge is 0.00161 e. The standard InChI is InChI=1S/C11H20N2/c1-2-4-13(5-3-1)8-11-9-6-12-7-10(9)11/h9-12H,1-8H2. The van der Waals surface area contributed by atoms with Crippen molar-refractivity contribution < 1.29 is 0 Å². The Balaban J connectivity index is 1.47. The molecule has 1 saturated carbocycles. The highest BCUT2D eigenvalue weighted by atomic mass is 15.1. The molecule has 2 aliphatic heterocycles. The van der Waals surface area contributed by atoms with E-state index >= 15 is 0 Å². The summed E-state index contributed by atoms with van der Waals surface area (Å²) in [7, 11) is 0. The van der Waals surface area contributed by atoms with Crippen LogP contribution in [0.5, 0.6) is 0 Å². The van der Waals surface area contributed by atoms with E-state index in [0.29, 0.717) is 0 Å². The van der Waals surface area contributed by atoms with Crippen LogP contribution in [0, 0.1) is 17.8 Å². The van der Waals surface area contributed by atoms with Crippen molar-refractivity contribution >= 4 is 0 Å². The van der Waals surface area contributed by atoms with Crippen molar-refractivity contribution in [3.8, 4) is 0 Å². The maximum atomic E-state index is 3.47. The molecule has 3 aliphatic rings. The molecular weight excluding hydrogens is 160 g/mol. The number of nitrogens with one attached hydrogen (secondary N) is 1. The van der Waals surface area contributed by atoms with Gasteiger partial charge in [-0.25, -0.2) is 0 Å². The van der Waals surface area contributed by atoms with Crippen molar-refractivity contribution in [2.45, 2.75) is 19.3 Å². The molecule has 0 radical (unpaired) electrons. The molecule has 0 aromatic heterocycles. The van der Waals surface area contributed by atoms with Gasteiger partial charge in [0.05, 0.1) is 0 Å². The fourth-order valence-electron chi connectivity index (χ4n) is 3.26. The third-order valence-electron chi connectivity index (χ3n) is 4.19. The first-order chi connectivity index (χ1) is 6.45. The van der Waals surface area contributed by atoms with Gasteiger partial charge in [0.25, 0.3) is 0 Å². The molecule has 2 heteroatoms. The molecule has 3 rings (SSSR count). The lowest BCUT2D eigenvalue weighted by atomic mass is 10.1. The largest absolute Gasteiger partial charge is 0.316 e. The van der Waals surface area contributed by atoms with Crippen LogP contribution >= 0.6 is 0 Å². The number of piperidine rings is 2. The van der Waals surface area contributed by atoms with Gasteiger partial charge in [0.15, 0.2) is 0 Å². The van der Waals surface area contributed by atoms with Crippen LogP contribution < -0.4 is 5.32 Å². The van der Waals surface area contributed by atoms with Gasteiger partial charge < -0.3 is 10.2 Å². The first kappa shape index (κ1) is 8.25. The van der Waals surface area contributed by atoms with E-state index in [9.17, 15) is 0 Å². The Morgan fingerprint density at radius 2 is 1.69 bits per heavy atom. The molecular formula is C11H20N2. The summed E-state index contributed by atoms with van der Waals surface area (Å²) in [5, 5.41) is 3.47. The summed E-state index contributed by atoms with van der Waals surface area (Å²) >= 11 is 0. The van der Waals surface area contributed by atoms with Crippen molar-refractivity contribution in [2.24, 2.45) is 17.8 Å². The van der Waals surface area contributed by atoms with Crippen molar-refractivity contribution in [1.82, 2.24) is 10.2 Å². The molecule has 2 nitrogen and oxygen atoms in total. The molecule has 2 unspecified atom stereocenters. The zero-order chi connectivity index (χ0) is 8.67. The lowest BCUT2D eigenvalue weighted by molar-refractivity contribution is 0.212. The van der Waals surface area contributed by atoms with Crippen molar-refractivity contribution in [2.75, 3.05) is 32.7 Å². The van der Waals surface area contributed by atoms with E-state index in [2.05, 4.69) is 10.2 Å². The SMILES string of the molecule is C1CCN(CC2C3CNCC32)CC1. The summed E-state index contributed by atoms with van der Waals surface area (Å²) in [6.45, 7) is 6.79. The van der Waals surface area contributed by atoms with E-state index in [-0.39, 0.29) is 0 Å². The van der Waals surface area contributed by atoms with Crippen LogP contribution in [0.2, 0.25) is 0 Å². The van der Waals surface area contributed by atoms with Gasteiger partial charge in [-0.1, -0.05) is 6.42 Å². The second-order valence-electron chi connectivity index (χ2n) is 5.01. The molecule has 74 valence electrons. The van der Waals surface area contributed by atoms with Gasteiger partial charge >= 0.3 is 0 Å². The third kappa shape index (κ3) is 1.50. The second-order valence-corrected chi connectivity index (χ2v) is 5.01. The highest BCUT2D eigenvalue weighted by molar-refractivity contribution is 5.04. The minimum atomic E-state index is 1.06. The maximum Gasteiger partial charge on any atom is 0.00161 e. The fraction of sp³-hybridized carbons (Fsp3) is 1.00. The normalized spacial score (nSPS) is 44.8. The Kier molecular flexibility index (Phi) is 2.06. The van der Waals surface area contributed by atoms with Gasteiger partial charge in [-0.05, 0) is 56.8 Å².